The van der Waals surface area contributed by atoms with Crippen molar-refractivity contribution in [2.75, 3.05) is 5.32 Å². The van der Waals surface area contributed by atoms with E-state index in [1.807, 2.05) is 0 Å². The molecule has 136 valence electrons. The van der Waals surface area contributed by atoms with E-state index in [9.17, 15) is 14.0 Å². The third kappa shape index (κ3) is 3.24. The van der Waals surface area contributed by atoms with Gasteiger partial charge in [0.2, 0.25) is 5.91 Å². The van der Waals surface area contributed by atoms with E-state index in [1.54, 1.807) is 12.3 Å². The van der Waals surface area contributed by atoms with Gasteiger partial charge in [0.15, 0.2) is 16.8 Å². The summed E-state index contributed by atoms with van der Waals surface area (Å²) in [5, 5.41) is 10.2. The summed E-state index contributed by atoms with van der Waals surface area (Å²) in [5.74, 6) is -0.871. The Kier molecular flexibility index (Phi) is 4.28. The lowest BCUT2D eigenvalue weighted by Crippen LogP contribution is -2.15. The van der Waals surface area contributed by atoms with Crippen molar-refractivity contribution < 1.29 is 9.18 Å². The van der Waals surface area contributed by atoms with E-state index in [1.165, 1.54) is 18.5 Å². The number of halogens is 2. The number of rotatable bonds is 4. The van der Waals surface area contributed by atoms with Gasteiger partial charge in [-0.05, 0) is 24.1 Å². The van der Waals surface area contributed by atoms with Crippen molar-refractivity contribution in [1.29, 1.82) is 0 Å². The molecular weight excluding hydrogens is 375 g/mol. The van der Waals surface area contributed by atoms with E-state index in [2.05, 4.69) is 30.5 Å². The number of nitrogens with one attached hydrogen (secondary N) is 3. The fourth-order valence-electron chi connectivity index (χ4n) is 2.80. The molecule has 8 nitrogen and oxygen atoms in total. The number of aromatic amines is 2. The second-order valence-electron chi connectivity index (χ2n) is 5.86. The van der Waals surface area contributed by atoms with Crippen LogP contribution in [0.4, 0.5) is 10.2 Å². The van der Waals surface area contributed by atoms with Crippen molar-refractivity contribution >= 4 is 45.1 Å². The minimum atomic E-state index is -0.638. The first-order valence-electron chi connectivity index (χ1n) is 7.97. The summed E-state index contributed by atoms with van der Waals surface area (Å²) in [5.41, 5.74) is 1.22. The molecule has 0 aliphatic carbocycles. The smallest absolute Gasteiger partial charge is 0.261 e. The molecule has 4 rings (SSSR count). The number of carbonyl (C=O) groups is 1. The van der Waals surface area contributed by atoms with E-state index in [0.29, 0.717) is 16.6 Å². The van der Waals surface area contributed by atoms with Crippen molar-refractivity contribution in [3.63, 3.8) is 0 Å². The number of aryl methyl sites for hydroxylation is 1. The number of hydrogen-bond acceptors (Lipinski definition) is 5. The molecule has 4 aromatic heterocycles. The Labute approximate surface area is 155 Å². The molecule has 4 aromatic rings. The van der Waals surface area contributed by atoms with Gasteiger partial charge >= 0.3 is 0 Å². The summed E-state index contributed by atoms with van der Waals surface area (Å²) < 4.78 is 13.4. The van der Waals surface area contributed by atoms with Crippen LogP contribution in [0.3, 0.4) is 0 Å². The molecule has 0 bridgehead atoms. The maximum absolute atomic E-state index is 13.4. The second kappa shape index (κ2) is 6.76. The molecule has 0 saturated carbocycles. The second-order valence-corrected chi connectivity index (χ2v) is 6.22. The Bertz CT molecular complexity index is 1240. The SMILES string of the molecule is O=C(CCc1cnc(Cl)c(F)c1)Nc1n[nH]c2c1c(=O)[nH]c1cnccc12. The Morgan fingerprint density at radius 1 is 1.33 bits per heavy atom. The Morgan fingerprint density at radius 3 is 3.00 bits per heavy atom. The summed E-state index contributed by atoms with van der Waals surface area (Å²) in [6, 6.07) is 2.97. The van der Waals surface area contributed by atoms with Gasteiger partial charge < -0.3 is 10.3 Å². The number of amides is 1. The monoisotopic (exact) mass is 386 g/mol. The molecule has 0 aliphatic heterocycles. The number of nitrogens with zero attached hydrogens (tertiary/aromatic N) is 3. The maximum atomic E-state index is 13.4. The topological polar surface area (TPSA) is 116 Å². The Hall–Kier alpha value is -3.33. The standard InChI is InChI=1S/C17H12ClFN6O2/c18-15-10(19)5-8(6-21-15)1-2-12(26)23-16-13-14(24-25-16)9-3-4-20-7-11(9)22-17(13)27/h3-7H,1-2H2,(H,22,27)(H2,23,24,25,26). The van der Waals surface area contributed by atoms with Gasteiger partial charge in [0, 0.05) is 24.2 Å². The van der Waals surface area contributed by atoms with Gasteiger partial charge in [0.1, 0.15) is 5.39 Å². The lowest BCUT2D eigenvalue weighted by atomic mass is 10.1. The van der Waals surface area contributed by atoms with E-state index < -0.39 is 11.4 Å². The lowest BCUT2D eigenvalue weighted by molar-refractivity contribution is -0.116. The molecule has 0 atom stereocenters. The van der Waals surface area contributed by atoms with Crippen LogP contribution in [0, 0.1) is 5.82 Å². The van der Waals surface area contributed by atoms with Crippen LogP contribution >= 0.6 is 11.6 Å². The van der Waals surface area contributed by atoms with Crippen LogP contribution in [-0.4, -0.2) is 31.1 Å². The molecule has 0 saturated heterocycles. The van der Waals surface area contributed by atoms with Crippen molar-refractivity contribution in [3.8, 4) is 0 Å². The molecular formula is C17H12ClFN6O2. The summed E-state index contributed by atoms with van der Waals surface area (Å²) >= 11 is 5.54. The van der Waals surface area contributed by atoms with Crippen LogP contribution in [-0.2, 0) is 11.2 Å². The van der Waals surface area contributed by atoms with Crippen molar-refractivity contribution in [1.82, 2.24) is 25.1 Å². The van der Waals surface area contributed by atoms with Crippen LogP contribution in [0.1, 0.15) is 12.0 Å². The first-order valence-corrected chi connectivity index (χ1v) is 8.34. The summed E-state index contributed by atoms with van der Waals surface area (Å²) in [6.07, 6.45) is 4.87. The third-order valence-electron chi connectivity index (χ3n) is 4.08. The van der Waals surface area contributed by atoms with Crippen LogP contribution < -0.4 is 10.9 Å². The number of aromatic nitrogens is 5. The predicted octanol–water partition coefficient (Wildman–Crippen LogP) is 2.56. The molecule has 3 N–H and O–H groups in total. The van der Waals surface area contributed by atoms with Gasteiger partial charge in [-0.1, -0.05) is 11.6 Å². The maximum Gasteiger partial charge on any atom is 0.261 e. The first-order chi connectivity index (χ1) is 13.0. The number of pyridine rings is 3. The molecule has 0 aliphatic rings. The normalized spacial score (nSPS) is 11.2. The highest BCUT2D eigenvalue weighted by Crippen LogP contribution is 2.23. The number of carbonyl (C=O) groups excluding carboxylic acids is 1. The summed E-state index contributed by atoms with van der Waals surface area (Å²) in [4.78, 5) is 35.0. The summed E-state index contributed by atoms with van der Waals surface area (Å²) in [7, 11) is 0. The van der Waals surface area contributed by atoms with Crippen LogP contribution in [0.2, 0.25) is 5.15 Å². The first kappa shape index (κ1) is 17.1. The van der Waals surface area contributed by atoms with Gasteiger partial charge in [-0.3, -0.25) is 19.7 Å². The van der Waals surface area contributed by atoms with Crippen LogP contribution in [0.25, 0.3) is 21.8 Å². The predicted molar refractivity (Wildman–Crippen MR) is 98.2 cm³/mol. The van der Waals surface area contributed by atoms with Gasteiger partial charge in [0.05, 0.1) is 17.2 Å². The molecule has 0 spiro atoms. The largest absolute Gasteiger partial charge is 0.320 e. The molecule has 0 aromatic carbocycles. The zero-order chi connectivity index (χ0) is 19.0. The number of anilines is 1. The number of H-pyrrole nitrogens is 2. The van der Waals surface area contributed by atoms with Crippen molar-refractivity contribution in [2.45, 2.75) is 12.8 Å². The third-order valence-corrected chi connectivity index (χ3v) is 4.36. The van der Waals surface area contributed by atoms with Crippen LogP contribution in [0.5, 0.6) is 0 Å². The fourth-order valence-corrected chi connectivity index (χ4v) is 2.90. The molecule has 0 fully saturated rings. The number of hydrogen-bond donors (Lipinski definition) is 3. The van der Waals surface area contributed by atoms with E-state index in [-0.39, 0.29) is 35.1 Å². The zero-order valence-electron chi connectivity index (χ0n) is 13.7. The molecule has 0 unspecified atom stereocenters. The van der Waals surface area contributed by atoms with Gasteiger partial charge in [0.25, 0.3) is 5.56 Å². The quantitative estimate of drug-likeness (QED) is 0.466. The highest BCUT2D eigenvalue weighted by atomic mass is 35.5. The van der Waals surface area contributed by atoms with E-state index in [0.717, 1.165) is 5.39 Å². The van der Waals surface area contributed by atoms with E-state index in [4.69, 9.17) is 11.6 Å². The molecule has 1 amide bonds. The number of fused-ring (bicyclic) bond motifs is 3. The van der Waals surface area contributed by atoms with Gasteiger partial charge in [-0.15, -0.1) is 0 Å². The summed E-state index contributed by atoms with van der Waals surface area (Å²) in [6.45, 7) is 0. The average Bonchev–Trinajstić information content (AvgIpc) is 3.07. The molecule has 10 heteroatoms. The minimum absolute atomic E-state index is 0.0620. The Balaban J connectivity index is 1.56. The zero-order valence-corrected chi connectivity index (χ0v) is 14.5. The van der Waals surface area contributed by atoms with Crippen molar-refractivity contribution in [2.24, 2.45) is 0 Å². The highest BCUT2D eigenvalue weighted by molar-refractivity contribution is 6.29. The fraction of sp³-hybridized carbons (Fsp3) is 0.118. The van der Waals surface area contributed by atoms with Crippen LogP contribution in [0.15, 0.2) is 35.5 Å². The van der Waals surface area contributed by atoms with Crippen molar-refractivity contribution in [3.05, 3.63) is 57.6 Å². The van der Waals surface area contributed by atoms with Gasteiger partial charge in [-0.2, -0.15) is 5.10 Å². The lowest BCUT2D eigenvalue weighted by Gasteiger charge is -2.04. The van der Waals surface area contributed by atoms with Gasteiger partial charge in [-0.25, -0.2) is 9.37 Å². The Morgan fingerprint density at radius 2 is 2.19 bits per heavy atom. The highest BCUT2D eigenvalue weighted by Gasteiger charge is 2.15. The molecule has 0 radical (unpaired) electrons. The molecule has 4 heterocycles. The molecule has 27 heavy (non-hydrogen) atoms. The minimum Gasteiger partial charge on any atom is -0.320 e. The average molecular weight is 387 g/mol. The van der Waals surface area contributed by atoms with E-state index >= 15 is 0 Å².